The molecule has 0 radical (unpaired) electrons. The lowest BCUT2D eigenvalue weighted by Crippen LogP contribution is -2.48. The number of rotatable bonds is 2. The summed E-state index contributed by atoms with van der Waals surface area (Å²) in [6.07, 6.45) is 4.54. The molecule has 3 amide bonds. The van der Waals surface area contributed by atoms with Crippen molar-refractivity contribution < 1.29 is 9.59 Å². The van der Waals surface area contributed by atoms with E-state index in [1.165, 1.54) is 4.90 Å². The lowest BCUT2D eigenvalue weighted by molar-refractivity contribution is -0.132. The number of halogens is 2. The van der Waals surface area contributed by atoms with Crippen LogP contribution >= 0.6 is 23.2 Å². The molecule has 0 atom stereocenters. The van der Waals surface area contributed by atoms with Crippen LogP contribution in [0.1, 0.15) is 37.7 Å². The fourth-order valence-corrected chi connectivity index (χ4v) is 3.46. The van der Waals surface area contributed by atoms with E-state index in [-0.39, 0.29) is 18.5 Å². The van der Waals surface area contributed by atoms with Crippen LogP contribution in [0.4, 0.5) is 4.79 Å². The first-order chi connectivity index (χ1) is 10.0. The fraction of sp³-hybridized carbons (Fsp3) is 0.467. The first-order valence-corrected chi connectivity index (χ1v) is 7.85. The maximum atomic E-state index is 12.6. The molecular formula is C15H16Cl2N2O2. The van der Waals surface area contributed by atoms with Gasteiger partial charge in [-0.1, -0.05) is 48.5 Å². The summed E-state index contributed by atoms with van der Waals surface area (Å²) < 4.78 is 0. The van der Waals surface area contributed by atoms with Crippen molar-refractivity contribution in [2.45, 2.75) is 44.2 Å². The molecule has 1 aromatic rings. The van der Waals surface area contributed by atoms with Crippen LogP contribution in [0.25, 0.3) is 0 Å². The molecule has 112 valence electrons. The lowest BCUT2D eigenvalue weighted by Gasteiger charge is -2.30. The van der Waals surface area contributed by atoms with Gasteiger partial charge in [-0.05, 0) is 30.5 Å². The summed E-state index contributed by atoms with van der Waals surface area (Å²) >= 11 is 11.9. The zero-order chi connectivity index (χ0) is 15.0. The Morgan fingerprint density at radius 2 is 1.81 bits per heavy atom. The molecule has 2 fully saturated rings. The van der Waals surface area contributed by atoms with Crippen molar-refractivity contribution >= 4 is 35.1 Å². The van der Waals surface area contributed by atoms with Gasteiger partial charge in [0, 0.05) is 0 Å². The average molecular weight is 327 g/mol. The zero-order valence-electron chi connectivity index (χ0n) is 11.5. The topological polar surface area (TPSA) is 49.4 Å². The summed E-state index contributed by atoms with van der Waals surface area (Å²) in [6, 6.07) is 4.83. The second-order valence-electron chi connectivity index (χ2n) is 5.71. The molecule has 0 bridgehead atoms. The molecular weight excluding hydrogens is 311 g/mol. The first-order valence-electron chi connectivity index (χ1n) is 7.10. The van der Waals surface area contributed by atoms with Gasteiger partial charge in [0.25, 0.3) is 5.91 Å². The molecule has 2 aliphatic rings. The quantitative estimate of drug-likeness (QED) is 0.841. The molecule has 1 heterocycles. The number of nitrogens with zero attached hydrogens (tertiary/aromatic N) is 1. The Balaban J connectivity index is 1.80. The maximum Gasteiger partial charge on any atom is 0.325 e. The van der Waals surface area contributed by atoms with Crippen molar-refractivity contribution in [1.82, 2.24) is 10.2 Å². The molecule has 1 saturated carbocycles. The third-order valence-corrected chi connectivity index (χ3v) is 5.02. The molecule has 1 spiro atoms. The van der Waals surface area contributed by atoms with Gasteiger partial charge >= 0.3 is 6.03 Å². The third kappa shape index (κ3) is 2.62. The molecule has 4 nitrogen and oxygen atoms in total. The summed E-state index contributed by atoms with van der Waals surface area (Å²) in [4.78, 5) is 26.1. The third-order valence-electron chi connectivity index (χ3n) is 4.28. The number of amides is 3. The summed E-state index contributed by atoms with van der Waals surface area (Å²) in [6.45, 7) is 0.226. The Labute approximate surface area is 133 Å². The molecule has 0 unspecified atom stereocenters. The molecule has 21 heavy (non-hydrogen) atoms. The number of imide groups is 1. The van der Waals surface area contributed by atoms with Crippen LogP contribution in [0.2, 0.25) is 10.0 Å². The first kappa shape index (κ1) is 14.7. The Morgan fingerprint density at radius 3 is 2.48 bits per heavy atom. The molecule has 3 rings (SSSR count). The van der Waals surface area contributed by atoms with Gasteiger partial charge < -0.3 is 5.32 Å². The van der Waals surface area contributed by atoms with Gasteiger partial charge in [0.2, 0.25) is 0 Å². The largest absolute Gasteiger partial charge is 0.325 e. The summed E-state index contributed by atoms with van der Waals surface area (Å²) in [5.41, 5.74) is 0.117. The second kappa shape index (κ2) is 5.50. The molecule has 6 heteroatoms. The van der Waals surface area contributed by atoms with Gasteiger partial charge in [-0.25, -0.2) is 4.79 Å². The zero-order valence-corrected chi connectivity index (χ0v) is 13.0. The summed E-state index contributed by atoms with van der Waals surface area (Å²) in [5, 5.41) is 3.78. The van der Waals surface area contributed by atoms with E-state index in [0.29, 0.717) is 10.0 Å². The summed E-state index contributed by atoms with van der Waals surface area (Å²) in [5.74, 6) is -0.113. The lowest BCUT2D eigenvalue weighted by atomic mass is 9.82. The van der Waals surface area contributed by atoms with Crippen LogP contribution in [0.3, 0.4) is 0 Å². The summed E-state index contributed by atoms with van der Waals surface area (Å²) in [7, 11) is 0. The Kier molecular flexibility index (Phi) is 3.84. The normalized spacial score (nSPS) is 21.0. The van der Waals surface area contributed by atoms with Crippen molar-refractivity contribution in [2.24, 2.45) is 0 Å². The van der Waals surface area contributed by atoms with E-state index >= 15 is 0 Å². The highest BCUT2D eigenvalue weighted by atomic mass is 35.5. The van der Waals surface area contributed by atoms with E-state index in [2.05, 4.69) is 5.32 Å². The Hall–Kier alpha value is -1.26. The van der Waals surface area contributed by atoms with Gasteiger partial charge in [0.15, 0.2) is 0 Å². The van der Waals surface area contributed by atoms with Gasteiger partial charge in [-0.2, -0.15) is 0 Å². The van der Waals surface area contributed by atoms with E-state index in [0.717, 1.165) is 37.7 Å². The average Bonchev–Trinajstić information content (AvgIpc) is 2.68. The van der Waals surface area contributed by atoms with Crippen molar-refractivity contribution in [1.29, 1.82) is 0 Å². The smallest absolute Gasteiger partial charge is 0.323 e. The number of carbonyl (C=O) groups is 2. The van der Waals surface area contributed by atoms with Crippen molar-refractivity contribution in [2.75, 3.05) is 0 Å². The van der Waals surface area contributed by atoms with Crippen LogP contribution in [-0.4, -0.2) is 22.4 Å². The molecule has 0 aromatic heterocycles. The predicted molar refractivity (Wildman–Crippen MR) is 81.4 cm³/mol. The predicted octanol–water partition coefficient (Wildman–Crippen LogP) is 3.75. The van der Waals surface area contributed by atoms with Gasteiger partial charge in [-0.15, -0.1) is 0 Å². The Morgan fingerprint density at radius 1 is 1.10 bits per heavy atom. The number of hydrogen-bond acceptors (Lipinski definition) is 2. The van der Waals surface area contributed by atoms with Gasteiger partial charge in [0.05, 0.1) is 16.6 Å². The number of carbonyl (C=O) groups excluding carboxylic acids is 2. The molecule has 1 N–H and O–H groups in total. The van der Waals surface area contributed by atoms with Crippen LogP contribution in [0.15, 0.2) is 18.2 Å². The maximum absolute atomic E-state index is 12.6. The van der Waals surface area contributed by atoms with Crippen molar-refractivity contribution in [3.05, 3.63) is 33.8 Å². The molecule has 1 aliphatic carbocycles. The minimum absolute atomic E-state index is 0.113. The number of benzene rings is 1. The molecule has 1 aromatic carbocycles. The van der Waals surface area contributed by atoms with E-state index in [1.807, 2.05) is 0 Å². The highest BCUT2D eigenvalue weighted by molar-refractivity contribution is 6.42. The fourth-order valence-electron chi connectivity index (χ4n) is 3.13. The van der Waals surface area contributed by atoms with Crippen LogP contribution < -0.4 is 5.32 Å². The van der Waals surface area contributed by atoms with Crippen LogP contribution in [0.5, 0.6) is 0 Å². The monoisotopic (exact) mass is 326 g/mol. The number of hydrogen-bond donors (Lipinski definition) is 1. The second-order valence-corrected chi connectivity index (χ2v) is 6.53. The molecule has 1 aliphatic heterocycles. The van der Waals surface area contributed by atoms with E-state index < -0.39 is 5.54 Å². The van der Waals surface area contributed by atoms with Gasteiger partial charge in [-0.3, -0.25) is 9.69 Å². The van der Waals surface area contributed by atoms with E-state index in [9.17, 15) is 9.59 Å². The van der Waals surface area contributed by atoms with E-state index in [1.54, 1.807) is 18.2 Å². The van der Waals surface area contributed by atoms with Crippen LogP contribution in [0, 0.1) is 0 Å². The standard InChI is InChI=1S/C15H16Cl2N2O2/c16-11-5-4-10(8-12(11)17)9-19-13(20)15(18-14(19)21)6-2-1-3-7-15/h4-5,8H,1-3,6-7,9H2,(H,18,21). The number of urea groups is 1. The SMILES string of the molecule is O=C1NC2(CCCCC2)C(=O)N1Cc1ccc(Cl)c(Cl)c1. The van der Waals surface area contributed by atoms with Crippen molar-refractivity contribution in [3.8, 4) is 0 Å². The van der Waals surface area contributed by atoms with Crippen molar-refractivity contribution in [3.63, 3.8) is 0 Å². The molecule has 1 saturated heterocycles. The minimum Gasteiger partial charge on any atom is -0.323 e. The highest BCUT2D eigenvalue weighted by Crippen LogP contribution is 2.34. The van der Waals surface area contributed by atoms with Crippen LogP contribution in [-0.2, 0) is 11.3 Å². The Bertz CT molecular complexity index is 597. The minimum atomic E-state index is -0.675. The number of nitrogens with one attached hydrogen (secondary N) is 1. The highest BCUT2D eigenvalue weighted by Gasteiger charge is 2.51. The van der Waals surface area contributed by atoms with Gasteiger partial charge in [0.1, 0.15) is 5.54 Å². The van der Waals surface area contributed by atoms with E-state index in [4.69, 9.17) is 23.2 Å².